The second kappa shape index (κ2) is 15.0. The van der Waals surface area contributed by atoms with E-state index in [0.717, 1.165) is 46.7 Å². The van der Waals surface area contributed by atoms with Gasteiger partial charge in [0.2, 0.25) is 11.8 Å². The molecule has 1 fully saturated rings. The molecule has 4 aromatic carbocycles. The molecule has 1 atom stereocenters. The van der Waals surface area contributed by atoms with E-state index in [0.29, 0.717) is 16.3 Å². The first-order valence-corrected chi connectivity index (χ1v) is 17.5. The Labute approximate surface area is 277 Å². The molecule has 46 heavy (non-hydrogen) atoms. The molecule has 0 heterocycles. The highest BCUT2D eigenvalue weighted by Crippen LogP contribution is 2.30. The highest BCUT2D eigenvalue weighted by molar-refractivity contribution is 7.92. The molecular formula is C37H40ClN3O4S. The van der Waals surface area contributed by atoms with E-state index < -0.39 is 28.5 Å². The summed E-state index contributed by atoms with van der Waals surface area (Å²) in [5.41, 5.74) is 3.70. The number of rotatable bonds is 12. The smallest absolute Gasteiger partial charge is 0.264 e. The van der Waals surface area contributed by atoms with Gasteiger partial charge < -0.3 is 10.2 Å². The van der Waals surface area contributed by atoms with Crippen molar-refractivity contribution in [3.05, 3.63) is 130 Å². The zero-order valence-corrected chi connectivity index (χ0v) is 27.8. The number of aryl methyl sites for hydroxylation is 2. The molecule has 1 N–H and O–H groups in total. The van der Waals surface area contributed by atoms with Gasteiger partial charge in [0.25, 0.3) is 10.0 Å². The summed E-state index contributed by atoms with van der Waals surface area (Å²) in [6.45, 7) is 3.36. The van der Waals surface area contributed by atoms with Gasteiger partial charge in [-0.3, -0.25) is 13.9 Å². The first-order chi connectivity index (χ1) is 22.1. The fraction of sp³-hybridized carbons (Fsp3) is 0.297. The second-order valence-corrected chi connectivity index (χ2v) is 14.3. The number of carbonyl (C=O) groups is 2. The predicted octanol–water partition coefficient (Wildman–Crippen LogP) is 6.85. The molecule has 4 aromatic rings. The number of halogens is 1. The monoisotopic (exact) mass is 657 g/mol. The van der Waals surface area contributed by atoms with E-state index in [9.17, 15) is 18.0 Å². The zero-order valence-electron chi connectivity index (χ0n) is 26.2. The Morgan fingerprint density at radius 2 is 1.50 bits per heavy atom. The Morgan fingerprint density at radius 3 is 2.17 bits per heavy atom. The number of sulfonamides is 1. The molecule has 1 aliphatic rings. The van der Waals surface area contributed by atoms with Crippen LogP contribution in [0.1, 0.15) is 47.9 Å². The summed E-state index contributed by atoms with van der Waals surface area (Å²) >= 11 is 6.37. The van der Waals surface area contributed by atoms with E-state index in [2.05, 4.69) is 5.32 Å². The summed E-state index contributed by atoms with van der Waals surface area (Å²) in [5.74, 6) is -0.740. The number of benzene rings is 4. The van der Waals surface area contributed by atoms with Crippen LogP contribution in [0, 0.1) is 13.8 Å². The fourth-order valence-corrected chi connectivity index (χ4v) is 7.67. The van der Waals surface area contributed by atoms with E-state index in [1.54, 1.807) is 48.2 Å². The van der Waals surface area contributed by atoms with Crippen LogP contribution in [-0.4, -0.2) is 43.8 Å². The van der Waals surface area contributed by atoms with Crippen LogP contribution in [0.25, 0.3) is 0 Å². The highest BCUT2D eigenvalue weighted by atomic mass is 35.5. The molecule has 0 radical (unpaired) electrons. The van der Waals surface area contributed by atoms with E-state index >= 15 is 0 Å². The number of nitrogens with one attached hydrogen (secondary N) is 1. The van der Waals surface area contributed by atoms with E-state index in [1.807, 2.05) is 61.5 Å². The summed E-state index contributed by atoms with van der Waals surface area (Å²) in [6, 6.07) is 29.6. The fourth-order valence-electron chi connectivity index (χ4n) is 6.01. The first-order valence-electron chi connectivity index (χ1n) is 15.6. The van der Waals surface area contributed by atoms with Gasteiger partial charge >= 0.3 is 0 Å². The molecule has 2 amide bonds. The Bertz CT molecular complexity index is 1760. The lowest BCUT2D eigenvalue weighted by atomic mass is 10.0. The number of nitrogens with zero attached hydrogens (tertiary/aromatic N) is 2. The van der Waals surface area contributed by atoms with Gasteiger partial charge in [-0.05, 0) is 67.6 Å². The number of anilines is 1. The predicted molar refractivity (Wildman–Crippen MR) is 183 cm³/mol. The summed E-state index contributed by atoms with van der Waals surface area (Å²) in [5, 5.41) is 3.55. The van der Waals surface area contributed by atoms with Gasteiger partial charge in [0.15, 0.2) is 0 Å². The number of amides is 2. The highest BCUT2D eigenvalue weighted by Gasteiger charge is 2.36. The largest absolute Gasteiger partial charge is 0.352 e. The van der Waals surface area contributed by atoms with Crippen LogP contribution in [0.2, 0.25) is 5.02 Å². The molecule has 240 valence electrons. The maximum absolute atomic E-state index is 14.7. The molecule has 7 nitrogen and oxygen atoms in total. The molecule has 0 spiro atoms. The van der Waals surface area contributed by atoms with Crippen molar-refractivity contribution in [2.45, 2.75) is 69.5 Å². The lowest BCUT2D eigenvalue weighted by Crippen LogP contribution is -2.54. The van der Waals surface area contributed by atoms with Crippen molar-refractivity contribution in [2.24, 2.45) is 0 Å². The Balaban J connectivity index is 1.58. The van der Waals surface area contributed by atoms with Gasteiger partial charge in [-0.25, -0.2) is 8.42 Å². The van der Waals surface area contributed by atoms with Gasteiger partial charge in [0.05, 0.1) is 10.6 Å². The number of hydrogen-bond acceptors (Lipinski definition) is 4. The molecule has 1 saturated carbocycles. The molecular weight excluding hydrogens is 618 g/mol. The Morgan fingerprint density at radius 1 is 0.848 bits per heavy atom. The van der Waals surface area contributed by atoms with Gasteiger partial charge in [0, 0.05) is 24.0 Å². The average molecular weight is 658 g/mol. The lowest BCUT2D eigenvalue weighted by Gasteiger charge is -2.34. The van der Waals surface area contributed by atoms with E-state index in [4.69, 9.17) is 11.6 Å². The first kappa shape index (κ1) is 33.2. The van der Waals surface area contributed by atoms with Gasteiger partial charge in [-0.2, -0.15) is 0 Å². The van der Waals surface area contributed by atoms with Gasteiger partial charge in [-0.15, -0.1) is 0 Å². The topological polar surface area (TPSA) is 86.8 Å². The van der Waals surface area contributed by atoms with Crippen LogP contribution in [0.15, 0.2) is 108 Å². The second-order valence-electron chi connectivity index (χ2n) is 12.0. The minimum atomic E-state index is -4.20. The van der Waals surface area contributed by atoms with Crippen molar-refractivity contribution >= 4 is 39.1 Å². The van der Waals surface area contributed by atoms with Crippen LogP contribution < -0.4 is 9.62 Å². The molecule has 1 aliphatic carbocycles. The maximum atomic E-state index is 14.7. The Hall–Kier alpha value is -4.14. The van der Waals surface area contributed by atoms with Crippen LogP contribution in [0.3, 0.4) is 0 Å². The van der Waals surface area contributed by atoms with Crippen molar-refractivity contribution in [1.29, 1.82) is 0 Å². The van der Waals surface area contributed by atoms with Crippen molar-refractivity contribution in [3.63, 3.8) is 0 Å². The van der Waals surface area contributed by atoms with Crippen molar-refractivity contribution in [3.8, 4) is 0 Å². The van der Waals surface area contributed by atoms with Crippen molar-refractivity contribution < 1.29 is 18.0 Å². The summed E-state index contributed by atoms with van der Waals surface area (Å²) < 4.78 is 29.5. The molecule has 9 heteroatoms. The quantitative estimate of drug-likeness (QED) is 0.181. The molecule has 0 bridgehead atoms. The van der Waals surface area contributed by atoms with Crippen molar-refractivity contribution in [2.75, 3.05) is 10.8 Å². The van der Waals surface area contributed by atoms with Crippen LogP contribution in [0.4, 0.5) is 5.69 Å². The standard InChI is InChI=1S/C37H40ClN3O4S/c1-27-12-11-15-30(22-27)25-40(35(23-29-13-5-3-6-14-29)37(43)39-32-16-9-10-17-32)36(42)26-41(34-24-31(38)21-20-28(34)2)46(44,45)33-18-7-4-8-19-33/h3-8,11-15,18-22,24,32,35H,9-10,16-17,23,25-26H2,1-2H3,(H,39,43). The third-order valence-electron chi connectivity index (χ3n) is 8.46. The summed E-state index contributed by atoms with van der Waals surface area (Å²) in [7, 11) is -4.20. The molecule has 1 unspecified atom stereocenters. The summed E-state index contributed by atoms with van der Waals surface area (Å²) in [6.07, 6.45) is 4.16. The van der Waals surface area contributed by atoms with E-state index in [-0.39, 0.29) is 29.8 Å². The third kappa shape index (κ3) is 8.17. The number of carbonyl (C=O) groups excluding carboxylic acids is 2. The van der Waals surface area contributed by atoms with E-state index in [1.165, 1.54) is 12.1 Å². The number of hydrogen-bond donors (Lipinski definition) is 1. The average Bonchev–Trinajstić information content (AvgIpc) is 3.56. The van der Waals surface area contributed by atoms with Crippen LogP contribution in [-0.2, 0) is 32.6 Å². The van der Waals surface area contributed by atoms with Crippen LogP contribution >= 0.6 is 11.6 Å². The minimum absolute atomic E-state index is 0.0470. The zero-order chi connectivity index (χ0) is 32.7. The molecule has 0 aromatic heterocycles. The lowest BCUT2D eigenvalue weighted by molar-refractivity contribution is -0.140. The normalized spacial score (nSPS) is 14.1. The Kier molecular flexibility index (Phi) is 10.8. The SMILES string of the molecule is Cc1cccc(CN(C(=O)CN(c2cc(Cl)ccc2C)S(=O)(=O)c2ccccc2)C(Cc2ccccc2)C(=O)NC2CCCC2)c1. The molecule has 0 aliphatic heterocycles. The molecule has 5 rings (SSSR count). The minimum Gasteiger partial charge on any atom is -0.352 e. The third-order valence-corrected chi connectivity index (χ3v) is 10.5. The van der Waals surface area contributed by atoms with Gasteiger partial charge in [-0.1, -0.05) is 109 Å². The molecule has 0 saturated heterocycles. The maximum Gasteiger partial charge on any atom is 0.264 e. The van der Waals surface area contributed by atoms with Crippen LogP contribution in [0.5, 0.6) is 0 Å². The van der Waals surface area contributed by atoms with Crippen molar-refractivity contribution in [1.82, 2.24) is 10.2 Å². The summed E-state index contributed by atoms with van der Waals surface area (Å²) in [4.78, 5) is 30.4. The van der Waals surface area contributed by atoms with Gasteiger partial charge in [0.1, 0.15) is 12.6 Å².